The maximum Gasteiger partial charge on any atom is 0.412 e. The maximum absolute atomic E-state index is 13.1. The van der Waals surface area contributed by atoms with Gasteiger partial charge in [-0.3, -0.25) is 4.90 Å². The molecule has 0 spiro atoms. The van der Waals surface area contributed by atoms with Gasteiger partial charge in [-0.2, -0.15) is 0 Å². The third-order valence-corrected chi connectivity index (χ3v) is 5.68. The van der Waals surface area contributed by atoms with Crippen LogP contribution in [0.1, 0.15) is 57.4 Å². The van der Waals surface area contributed by atoms with Crippen molar-refractivity contribution in [1.82, 2.24) is 10.2 Å². The van der Waals surface area contributed by atoms with Crippen molar-refractivity contribution in [2.75, 3.05) is 20.3 Å². The molecule has 0 aromatic heterocycles. The first-order chi connectivity index (χ1) is 13.9. The van der Waals surface area contributed by atoms with Gasteiger partial charge in [0.2, 0.25) is 0 Å². The lowest BCUT2D eigenvalue weighted by Crippen LogP contribution is -2.56. The number of carbonyl (C=O) groups is 1. The lowest BCUT2D eigenvalue weighted by Gasteiger charge is -2.41. The number of aryl methyl sites for hydroxylation is 1. The SMILES string of the molecule is COc1c(C)cc2c(c1O)C(C1COC(C)(C)N1C(=O)OC(C)(C)C)NC(CO)C2. The molecule has 8 heteroatoms. The van der Waals surface area contributed by atoms with Gasteiger partial charge in [0, 0.05) is 11.6 Å². The molecule has 0 aliphatic carbocycles. The number of carbonyl (C=O) groups excluding carboxylic acids is 1. The fraction of sp³-hybridized carbons (Fsp3) is 0.682. The van der Waals surface area contributed by atoms with Crippen molar-refractivity contribution in [2.45, 2.75) is 77.4 Å². The highest BCUT2D eigenvalue weighted by atomic mass is 16.6. The predicted molar refractivity (Wildman–Crippen MR) is 112 cm³/mol. The minimum Gasteiger partial charge on any atom is -0.504 e. The van der Waals surface area contributed by atoms with E-state index in [1.54, 1.807) is 4.90 Å². The number of aromatic hydroxyl groups is 1. The molecule has 1 saturated heterocycles. The zero-order valence-electron chi connectivity index (χ0n) is 18.9. The molecule has 1 amide bonds. The molecule has 0 bridgehead atoms. The number of phenolic OH excluding ortho intramolecular Hbond substituents is 1. The van der Waals surface area contributed by atoms with Crippen LogP contribution in [0.2, 0.25) is 0 Å². The molecule has 3 unspecified atom stereocenters. The summed E-state index contributed by atoms with van der Waals surface area (Å²) in [6, 6.07) is 0.859. The second-order valence-corrected chi connectivity index (χ2v) is 9.55. The van der Waals surface area contributed by atoms with Gasteiger partial charge in [-0.15, -0.1) is 0 Å². The van der Waals surface area contributed by atoms with E-state index in [1.807, 2.05) is 47.6 Å². The van der Waals surface area contributed by atoms with Crippen LogP contribution in [0.5, 0.6) is 11.5 Å². The summed E-state index contributed by atoms with van der Waals surface area (Å²) in [6.45, 7) is 11.2. The molecule has 30 heavy (non-hydrogen) atoms. The van der Waals surface area contributed by atoms with Crippen LogP contribution in [-0.4, -0.2) is 64.9 Å². The zero-order valence-corrected chi connectivity index (χ0v) is 18.9. The van der Waals surface area contributed by atoms with Crippen molar-refractivity contribution in [3.05, 3.63) is 22.8 Å². The van der Waals surface area contributed by atoms with E-state index in [0.29, 0.717) is 17.7 Å². The smallest absolute Gasteiger partial charge is 0.412 e. The molecule has 0 saturated carbocycles. The third-order valence-electron chi connectivity index (χ3n) is 5.68. The van der Waals surface area contributed by atoms with Crippen LogP contribution >= 0.6 is 0 Å². The number of nitrogens with one attached hydrogen (secondary N) is 1. The van der Waals surface area contributed by atoms with Crippen molar-refractivity contribution in [3.63, 3.8) is 0 Å². The Kier molecular flexibility index (Phi) is 5.97. The van der Waals surface area contributed by atoms with E-state index in [1.165, 1.54) is 7.11 Å². The Morgan fingerprint density at radius 2 is 2.07 bits per heavy atom. The number of aliphatic hydroxyl groups excluding tert-OH is 1. The van der Waals surface area contributed by atoms with Crippen molar-refractivity contribution < 1.29 is 29.2 Å². The molecular formula is C22H34N2O6. The molecule has 0 radical (unpaired) electrons. The molecule has 3 atom stereocenters. The van der Waals surface area contributed by atoms with Crippen LogP contribution in [0.3, 0.4) is 0 Å². The fourth-order valence-electron chi connectivity index (χ4n) is 4.47. The molecule has 2 aliphatic rings. The Morgan fingerprint density at radius 3 is 2.63 bits per heavy atom. The summed E-state index contributed by atoms with van der Waals surface area (Å²) in [6.07, 6.45) is 0.0764. The number of benzene rings is 1. The summed E-state index contributed by atoms with van der Waals surface area (Å²) < 4.78 is 17.0. The quantitative estimate of drug-likeness (QED) is 0.688. The number of ether oxygens (including phenoxy) is 3. The normalized spacial score (nSPS) is 25.7. The molecule has 1 aromatic rings. The zero-order chi connectivity index (χ0) is 22.4. The van der Waals surface area contributed by atoms with Crippen molar-refractivity contribution in [3.8, 4) is 11.5 Å². The van der Waals surface area contributed by atoms with Crippen LogP contribution in [0.4, 0.5) is 4.79 Å². The number of fused-ring (bicyclic) bond motifs is 1. The average molecular weight is 423 g/mol. The lowest BCUT2D eigenvalue weighted by atomic mass is 9.84. The fourth-order valence-corrected chi connectivity index (χ4v) is 4.47. The third kappa shape index (κ3) is 4.08. The van der Waals surface area contributed by atoms with Crippen LogP contribution in [0, 0.1) is 6.92 Å². The number of rotatable bonds is 3. The lowest BCUT2D eigenvalue weighted by molar-refractivity contribution is -0.0640. The Balaban J connectivity index is 2.08. The summed E-state index contributed by atoms with van der Waals surface area (Å²) in [5.74, 6) is 0.459. The molecule has 1 aromatic carbocycles. The highest BCUT2D eigenvalue weighted by molar-refractivity contribution is 5.70. The molecular weight excluding hydrogens is 388 g/mol. The van der Waals surface area contributed by atoms with Gasteiger partial charge in [0.15, 0.2) is 11.5 Å². The second kappa shape index (κ2) is 7.90. The molecule has 168 valence electrons. The Labute approximate surface area is 178 Å². The first kappa shape index (κ1) is 22.7. The highest BCUT2D eigenvalue weighted by Gasteiger charge is 2.51. The van der Waals surface area contributed by atoms with E-state index in [2.05, 4.69) is 5.32 Å². The van der Waals surface area contributed by atoms with E-state index >= 15 is 0 Å². The van der Waals surface area contributed by atoms with Crippen molar-refractivity contribution >= 4 is 6.09 Å². The number of phenols is 1. The van der Waals surface area contributed by atoms with E-state index in [-0.39, 0.29) is 25.0 Å². The van der Waals surface area contributed by atoms with Crippen LogP contribution in [0.25, 0.3) is 0 Å². The number of methoxy groups -OCH3 is 1. The second-order valence-electron chi connectivity index (χ2n) is 9.55. The molecule has 3 rings (SSSR count). The highest BCUT2D eigenvalue weighted by Crippen LogP contribution is 2.46. The van der Waals surface area contributed by atoms with E-state index in [4.69, 9.17) is 14.2 Å². The average Bonchev–Trinajstić information content (AvgIpc) is 2.94. The molecule has 1 fully saturated rings. The summed E-state index contributed by atoms with van der Waals surface area (Å²) in [5, 5.41) is 24.3. The van der Waals surface area contributed by atoms with Gasteiger partial charge in [0.25, 0.3) is 0 Å². The monoisotopic (exact) mass is 422 g/mol. The molecule has 2 heterocycles. The Hall–Kier alpha value is -2.03. The van der Waals surface area contributed by atoms with Gasteiger partial charge in [0.05, 0.1) is 32.4 Å². The topological polar surface area (TPSA) is 100 Å². The van der Waals surface area contributed by atoms with E-state index in [9.17, 15) is 15.0 Å². The predicted octanol–water partition coefficient (Wildman–Crippen LogP) is 2.63. The van der Waals surface area contributed by atoms with Gasteiger partial charge >= 0.3 is 6.09 Å². The summed E-state index contributed by atoms with van der Waals surface area (Å²) in [4.78, 5) is 14.7. The van der Waals surface area contributed by atoms with Gasteiger partial charge in [0.1, 0.15) is 11.3 Å². The van der Waals surface area contributed by atoms with Gasteiger partial charge in [-0.25, -0.2) is 4.79 Å². The standard InChI is InChI=1S/C22H34N2O6/c1-12-8-13-9-14(10-25)23-17(16(13)18(26)19(12)28-7)15-11-29-22(5,6)24(15)20(27)30-21(2,3)4/h8,14-15,17,23,25-26H,9-11H2,1-7H3. The van der Waals surface area contributed by atoms with E-state index in [0.717, 1.165) is 11.1 Å². The summed E-state index contributed by atoms with van der Waals surface area (Å²) >= 11 is 0. The summed E-state index contributed by atoms with van der Waals surface area (Å²) in [7, 11) is 1.52. The molecule has 8 nitrogen and oxygen atoms in total. The number of amides is 1. The molecule has 3 N–H and O–H groups in total. The van der Waals surface area contributed by atoms with Crippen molar-refractivity contribution in [2.24, 2.45) is 0 Å². The van der Waals surface area contributed by atoms with Crippen LogP contribution in [-0.2, 0) is 15.9 Å². The van der Waals surface area contributed by atoms with E-state index < -0.39 is 29.5 Å². The first-order valence-electron chi connectivity index (χ1n) is 10.3. The number of nitrogens with zero attached hydrogens (tertiary/aromatic N) is 1. The van der Waals surface area contributed by atoms with Gasteiger partial charge in [-0.05, 0) is 59.1 Å². The minimum atomic E-state index is -0.884. The number of aliphatic hydroxyl groups is 1. The maximum atomic E-state index is 13.1. The minimum absolute atomic E-state index is 0.0511. The van der Waals surface area contributed by atoms with Crippen LogP contribution in [0.15, 0.2) is 6.07 Å². The molecule has 2 aliphatic heterocycles. The van der Waals surface area contributed by atoms with Gasteiger partial charge in [-0.1, -0.05) is 6.07 Å². The Bertz CT molecular complexity index is 817. The first-order valence-corrected chi connectivity index (χ1v) is 10.3. The summed E-state index contributed by atoms with van der Waals surface area (Å²) in [5.41, 5.74) is 0.863. The van der Waals surface area contributed by atoms with Crippen LogP contribution < -0.4 is 10.1 Å². The van der Waals surface area contributed by atoms with Gasteiger partial charge < -0.3 is 29.7 Å². The number of hydrogen-bond donors (Lipinski definition) is 3. The van der Waals surface area contributed by atoms with Crippen molar-refractivity contribution in [1.29, 1.82) is 0 Å². The Morgan fingerprint density at radius 1 is 1.40 bits per heavy atom. The number of hydrogen-bond acceptors (Lipinski definition) is 7. The largest absolute Gasteiger partial charge is 0.504 e.